The smallest absolute Gasteiger partial charge is 0.370 e. The highest BCUT2D eigenvalue weighted by Crippen LogP contribution is 2.01. The minimum atomic E-state index is -4.67. The van der Waals surface area contributed by atoms with Gasteiger partial charge in [-0.25, -0.2) is 0 Å². The Morgan fingerprint density at radius 2 is 1.83 bits per heavy atom. The van der Waals surface area contributed by atoms with Crippen LogP contribution in [0.3, 0.4) is 0 Å². The molecule has 0 radical (unpaired) electrons. The van der Waals surface area contributed by atoms with Crippen molar-refractivity contribution in [3.63, 3.8) is 0 Å². The predicted octanol–water partition coefficient (Wildman–Crippen LogP) is 0.772. The average molecular weight is 358 g/mol. The molecule has 1 atom stereocenters. The lowest BCUT2D eigenvalue weighted by atomic mass is 10.2. The fourth-order valence-corrected chi connectivity index (χ4v) is 1.61. The summed E-state index contributed by atoms with van der Waals surface area (Å²) in [4.78, 5) is 11.7. The molecule has 134 valence electrons. The molecule has 0 saturated heterocycles. The summed E-state index contributed by atoms with van der Waals surface area (Å²) in [7, 11) is -4.67. The summed E-state index contributed by atoms with van der Waals surface area (Å²) in [5.41, 5.74) is 6.23. The van der Waals surface area contributed by atoms with Gasteiger partial charge in [-0.1, -0.05) is 43.7 Å². The quantitative estimate of drug-likeness (QED) is 0.144. The molecule has 0 heterocycles. The van der Waals surface area contributed by atoms with Crippen molar-refractivity contribution in [2.75, 3.05) is 0 Å². The van der Waals surface area contributed by atoms with Crippen LogP contribution in [-0.4, -0.2) is 35.6 Å². The van der Waals surface area contributed by atoms with Crippen molar-refractivity contribution in [3.8, 4) is 0 Å². The van der Waals surface area contributed by atoms with Crippen molar-refractivity contribution in [2.24, 2.45) is 5.73 Å². The van der Waals surface area contributed by atoms with Crippen LogP contribution in [0.15, 0.2) is 36.4 Å². The number of hydrogen-bond donors (Lipinski definition) is 6. The Hall–Kier alpha value is -2.43. The predicted molar refractivity (Wildman–Crippen MR) is 91.5 cm³/mol. The van der Waals surface area contributed by atoms with Crippen LogP contribution < -0.4 is 16.4 Å². The van der Waals surface area contributed by atoms with Crippen LogP contribution in [-0.2, 0) is 15.2 Å². The number of rotatable bonds is 6. The second-order valence-corrected chi connectivity index (χ2v) is 5.50. The van der Waals surface area contributed by atoms with Crippen molar-refractivity contribution < 1.29 is 22.3 Å². The van der Waals surface area contributed by atoms with E-state index in [4.69, 9.17) is 28.7 Å². The van der Waals surface area contributed by atoms with E-state index in [-0.39, 0.29) is 18.0 Å². The monoisotopic (exact) mass is 358 g/mol. The highest BCUT2D eigenvalue weighted by molar-refractivity contribution is 7.79. The Kier molecular flexibility index (Phi) is 10.0. The molecular formula is C14H22N4O5S. The summed E-state index contributed by atoms with van der Waals surface area (Å²) in [5, 5.41) is 12.6. The second-order valence-electron chi connectivity index (χ2n) is 4.60. The van der Waals surface area contributed by atoms with Crippen molar-refractivity contribution in [1.29, 1.82) is 5.41 Å². The molecule has 0 aliphatic carbocycles. The van der Waals surface area contributed by atoms with Gasteiger partial charge in [-0.3, -0.25) is 19.3 Å². The van der Waals surface area contributed by atoms with Crippen molar-refractivity contribution in [1.82, 2.24) is 10.6 Å². The van der Waals surface area contributed by atoms with E-state index in [1.807, 2.05) is 37.3 Å². The summed E-state index contributed by atoms with van der Waals surface area (Å²) in [6.07, 6.45) is 4.50. The van der Waals surface area contributed by atoms with Gasteiger partial charge < -0.3 is 16.4 Å². The van der Waals surface area contributed by atoms with Crippen LogP contribution in [0, 0.1) is 5.41 Å². The topological polar surface area (TPSA) is 166 Å². The summed E-state index contributed by atoms with van der Waals surface area (Å²) < 4.78 is 31.6. The van der Waals surface area contributed by atoms with Crippen molar-refractivity contribution in [2.45, 2.75) is 25.9 Å². The van der Waals surface area contributed by atoms with Gasteiger partial charge >= 0.3 is 10.4 Å². The van der Waals surface area contributed by atoms with Gasteiger partial charge in [-0.15, -0.1) is 0 Å². The van der Waals surface area contributed by atoms with Gasteiger partial charge in [0.25, 0.3) is 0 Å². The molecule has 0 bridgehead atoms. The highest BCUT2D eigenvalue weighted by Gasteiger charge is 2.09. The van der Waals surface area contributed by atoms with Crippen LogP contribution >= 0.6 is 0 Å². The molecule has 0 aliphatic rings. The third-order valence-electron chi connectivity index (χ3n) is 2.45. The van der Waals surface area contributed by atoms with Gasteiger partial charge in [-0.05, 0) is 18.1 Å². The fraction of sp³-hybridized carbons (Fsp3) is 0.286. The number of nitrogens with two attached hydrogens (primary N) is 1. The van der Waals surface area contributed by atoms with E-state index in [1.54, 1.807) is 6.08 Å². The maximum absolute atomic E-state index is 11.7. The first-order valence-electron chi connectivity index (χ1n) is 6.96. The number of benzene rings is 1. The molecule has 9 nitrogen and oxygen atoms in total. The lowest BCUT2D eigenvalue weighted by Crippen LogP contribution is -2.49. The maximum atomic E-state index is 11.7. The molecule has 0 spiro atoms. The number of carbonyl (C=O) groups is 1. The van der Waals surface area contributed by atoms with Crippen LogP contribution in [0.25, 0.3) is 6.08 Å². The van der Waals surface area contributed by atoms with Gasteiger partial charge in [0, 0.05) is 6.08 Å². The lowest BCUT2D eigenvalue weighted by molar-refractivity contribution is -0.117. The molecule has 1 rings (SSSR count). The van der Waals surface area contributed by atoms with Gasteiger partial charge in [0.2, 0.25) is 5.91 Å². The van der Waals surface area contributed by atoms with E-state index >= 15 is 0 Å². The number of carbonyl (C=O) groups excluding carboxylic acids is 1. The number of amides is 1. The second kappa shape index (κ2) is 11.2. The molecule has 24 heavy (non-hydrogen) atoms. The molecule has 0 aliphatic heterocycles. The Morgan fingerprint density at radius 3 is 2.29 bits per heavy atom. The molecule has 1 amide bonds. The maximum Gasteiger partial charge on any atom is 0.394 e. The van der Waals surface area contributed by atoms with Crippen molar-refractivity contribution >= 4 is 28.3 Å². The molecule has 1 aromatic carbocycles. The van der Waals surface area contributed by atoms with Gasteiger partial charge in [0.15, 0.2) is 5.96 Å². The zero-order valence-corrected chi connectivity index (χ0v) is 14.0. The minimum Gasteiger partial charge on any atom is -0.370 e. The molecule has 0 aromatic heterocycles. The zero-order chi connectivity index (χ0) is 18.6. The summed E-state index contributed by atoms with van der Waals surface area (Å²) in [6, 6.07) is 9.58. The van der Waals surface area contributed by atoms with Crippen LogP contribution in [0.4, 0.5) is 0 Å². The molecular weight excluding hydrogens is 336 g/mol. The number of guanidine groups is 1. The van der Waals surface area contributed by atoms with Gasteiger partial charge in [0.05, 0.1) is 0 Å². The van der Waals surface area contributed by atoms with E-state index in [0.29, 0.717) is 6.42 Å². The first-order chi connectivity index (χ1) is 11.1. The van der Waals surface area contributed by atoms with Crippen LogP contribution in [0.2, 0.25) is 0 Å². The third kappa shape index (κ3) is 14.5. The van der Waals surface area contributed by atoms with E-state index in [9.17, 15) is 4.79 Å². The van der Waals surface area contributed by atoms with Gasteiger partial charge in [0.1, 0.15) is 6.17 Å². The fourth-order valence-electron chi connectivity index (χ4n) is 1.61. The zero-order valence-electron chi connectivity index (χ0n) is 13.1. The Morgan fingerprint density at radius 1 is 1.29 bits per heavy atom. The SMILES string of the molecule is CCCC(NC(=N)N)NC(=O)/C=C/c1ccccc1.O=S(=O)(O)O. The summed E-state index contributed by atoms with van der Waals surface area (Å²) >= 11 is 0. The molecule has 10 heteroatoms. The summed E-state index contributed by atoms with van der Waals surface area (Å²) in [5.74, 6) is -0.359. The largest absolute Gasteiger partial charge is 0.394 e. The molecule has 1 unspecified atom stereocenters. The molecule has 0 fully saturated rings. The molecule has 1 aromatic rings. The molecule has 0 saturated carbocycles. The van der Waals surface area contributed by atoms with E-state index in [2.05, 4.69) is 10.6 Å². The minimum absolute atomic E-state index is 0.147. The summed E-state index contributed by atoms with van der Waals surface area (Å²) in [6.45, 7) is 2.00. The standard InChI is InChI=1S/C14H20N4O.H2O4S/c1-2-6-12(18-14(15)16)17-13(19)10-9-11-7-4-3-5-8-11;1-5(2,3)4/h3-5,7-10,12H,2,6H2,1H3,(H,17,19)(H4,15,16,18);(H2,1,2,3,4)/b10-9+;. The van der Waals surface area contributed by atoms with Crippen LogP contribution in [0.5, 0.6) is 0 Å². The van der Waals surface area contributed by atoms with Gasteiger partial charge in [-0.2, -0.15) is 8.42 Å². The normalized spacial score (nSPS) is 12.0. The Labute approximate surface area is 141 Å². The first-order valence-corrected chi connectivity index (χ1v) is 8.35. The Balaban J connectivity index is 0.000000922. The average Bonchev–Trinajstić information content (AvgIpc) is 2.44. The number of nitrogens with one attached hydrogen (secondary N) is 3. The lowest BCUT2D eigenvalue weighted by Gasteiger charge is -2.18. The van der Waals surface area contributed by atoms with E-state index in [1.165, 1.54) is 6.08 Å². The third-order valence-corrected chi connectivity index (χ3v) is 2.45. The Bertz CT molecular complexity index is 638. The van der Waals surface area contributed by atoms with Crippen molar-refractivity contribution in [3.05, 3.63) is 42.0 Å². The molecule has 7 N–H and O–H groups in total. The first kappa shape index (κ1) is 21.6. The highest BCUT2D eigenvalue weighted by atomic mass is 32.3. The van der Waals surface area contributed by atoms with Crippen LogP contribution in [0.1, 0.15) is 25.3 Å². The van der Waals surface area contributed by atoms with E-state index < -0.39 is 10.4 Å². The van der Waals surface area contributed by atoms with E-state index in [0.717, 1.165) is 12.0 Å². The number of hydrogen-bond acceptors (Lipinski definition) is 4.